The number of sulfonamides is 1. The van der Waals surface area contributed by atoms with Gasteiger partial charge in [-0.25, -0.2) is 13.1 Å². The minimum atomic E-state index is -3.73. The van der Waals surface area contributed by atoms with Crippen molar-refractivity contribution in [2.75, 3.05) is 39.8 Å². The minimum absolute atomic E-state index is 0.00653. The van der Waals surface area contributed by atoms with Crippen molar-refractivity contribution in [3.8, 4) is 11.5 Å². The molecule has 2 aromatic carbocycles. The third kappa shape index (κ3) is 5.43. The molecule has 0 fully saturated rings. The van der Waals surface area contributed by atoms with Crippen LogP contribution in [0.25, 0.3) is 0 Å². The van der Waals surface area contributed by atoms with Crippen LogP contribution in [0.3, 0.4) is 0 Å². The Bertz CT molecular complexity index is 898. The number of anilines is 1. The fourth-order valence-corrected chi connectivity index (χ4v) is 3.32. The van der Waals surface area contributed by atoms with E-state index in [1.807, 2.05) is 0 Å². The third-order valence-electron chi connectivity index (χ3n) is 3.66. The number of amides is 1. The molecule has 0 atom stereocenters. The van der Waals surface area contributed by atoms with Gasteiger partial charge in [0.05, 0.1) is 31.4 Å². The first-order chi connectivity index (χ1) is 12.9. The summed E-state index contributed by atoms with van der Waals surface area (Å²) in [5, 5.41) is 2.71. The van der Waals surface area contributed by atoms with Crippen LogP contribution in [0.15, 0.2) is 47.4 Å². The highest BCUT2D eigenvalue weighted by molar-refractivity contribution is 7.89. The van der Waals surface area contributed by atoms with Gasteiger partial charge in [0.1, 0.15) is 11.5 Å². The molecule has 0 aromatic heterocycles. The lowest BCUT2D eigenvalue weighted by Gasteiger charge is -2.12. The Morgan fingerprint density at radius 3 is 2.48 bits per heavy atom. The summed E-state index contributed by atoms with van der Waals surface area (Å²) in [4.78, 5) is 12.5. The van der Waals surface area contributed by atoms with Gasteiger partial charge in [0.25, 0.3) is 5.91 Å². The highest BCUT2D eigenvalue weighted by atomic mass is 32.2. The first-order valence-corrected chi connectivity index (χ1v) is 9.51. The quantitative estimate of drug-likeness (QED) is 0.630. The molecule has 0 saturated heterocycles. The van der Waals surface area contributed by atoms with Gasteiger partial charge in [0, 0.05) is 25.3 Å². The maximum absolute atomic E-state index is 12.5. The summed E-state index contributed by atoms with van der Waals surface area (Å²) in [5.41, 5.74) is 0.636. The molecule has 0 aliphatic heterocycles. The molecule has 0 aliphatic rings. The molecule has 8 nitrogen and oxygen atoms in total. The van der Waals surface area contributed by atoms with E-state index in [0.29, 0.717) is 17.2 Å². The highest BCUT2D eigenvalue weighted by Gasteiger charge is 2.17. The third-order valence-corrected chi connectivity index (χ3v) is 5.12. The van der Waals surface area contributed by atoms with E-state index in [-0.39, 0.29) is 23.6 Å². The Kier molecular flexibility index (Phi) is 7.17. The fourth-order valence-electron chi connectivity index (χ4n) is 2.26. The SMILES string of the molecule is COCCNS(=O)(=O)c1cccc(C(=O)Nc2ccc(OC)cc2OC)c1. The van der Waals surface area contributed by atoms with Crippen LogP contribution >= 0.6 is 0 Å². The second-order valence-corrected chi connectivity index (χ2v) is 7.21. The number of carbonyl (C=O) groups excluding carboxylic acids is 1. The fraction of sp³-hybridized carbons (Fsp3) is 0.278. The molecule has 0 saturated carbocycles. The molecule has 0 aliphatic carbocycles. The summed E-state index contributed by atoms with van der Waals surface area (Å²) in [6.45, 7) is 0.384. The van der Waals surface area contributed by atoms with E-state index in [2.05, 4.69) is 10.0 Å². The van der Waals surface area contributed by atoms with Crippen LogP contribution in [0.2, 0.25) is 0 Å². The van der Waals surface area contributed by atoms with Gasteiger partial charge in [-0.3, -0.25) is 4.79 Å². The van der Waals surface area contributed by atoms with Gasteiger partial charge in [-0.05, 0) is 30.3 Å². The Morgan fingerprint density at radius 2 is 1.81 bits per heavy atom. The van der Waals surface area contributed by atoms with E-state index in [1.54, 1.807) is 18.2 Å². The van der Waals surface area contributed by atoms with Crippen LogP contribution in [0.5, 0.6) is 11.5 Å². The smallest absolute Gasteiger partial charge is 0.255 e. The van der Waals surface area contributed by atoms with Crippen molar-refractivity contribution in [1.82, 2.24) is 4.72 Å². The first kappa shape index (κ1) is 20.7. The molecule has 27 heavy (non-hydrogen) atoms. The summed E-state index contributed by atoms with van der Waals surface area (Å²) >= 11 is 0. The number of hydrogen-bond donors (Lipinski definition) is 2. The van der Waals surface area contributed by atoms with E-state index < -0.39 is 15.9 Å². The van der Waals surface area contributed by atoms with Crippen molar-refractivity contribution in [2.45, 2.75) is 4.90 Å². The van der Waals surface area contributed by atoms with Gasteiger partial charge in [0.2, 0.25) is 10.0 Å². The van der Waals surface area contributed by atoms with E-state index in [4.69, 9.17) is 14.2 Å². The normalized spacial score (nSPS) is 11.1. The molecule has 0 unspecified atom stereocenters. The number of benzene rings is 2. The van der Waals surface area contributed by atoms with Crippen molar-refractivity contribution in [3.05, 3.63) is 48.0 Å². The lowest BCUT2D eigenvalue weighted by molar-refractivity contribution is 0.102. The lowest BCUT2D eigenvalue weighted by atomic mass is 10.2. The number of hydrogen-bond acceptors (Lipinski definition) is 6. The summed E-state index contributed by atoms with van der Waals surface area (Å²) in [6.07, 6.45) is 0. The monoisotopic (exact) mass is 394 g/mol. The molecule has 2 rings (SSSR count). The molecule has 2 N–H and O–H groups in total. The second-order valence-electron chi connectivity index (χ2n) is 5.44. The Labute approximate surface area is 158 Å². The molecule has 9 heteroatoms. The largest absolute Gasteiger partial charge is 0.497 e. The topological polar surface area (TPSA) is 103 Å². The average molecular weight is 394 g/mol. The average Bonchev–Trinajstić information content (AvgIpc) is 2.68. The van der Waals surface area contributed by atoms with E-state index in [9.17, 15) is 13.2 Å². The molecular formula is C18H22N2O6S. The molecule has 1 amide bonds. The van der Waals surface area contributed by atoms with E-state index in [1.165, 1.54) is 45.6 Å². The molecule has 0 bridgehead atoms. The van der Waals surface area contributed by atoms with E-state index >= 15 is 0 Å². The maximum atomic E-state index is 12.5. The van der Waals surface area contributed by atoms with Gasteiger partial charge in [0.15, 0.2) is 0 Å². The summed E-state index contributed by atoms with van der Waals surface area (Å²) in [5.74, 6) is 0.542. The number of nitrogens with one attached hydrogen (secondary N) is 2. The van der Waals surface area contributed by atoms with Crippen LogP contribution in [-0.2, 0) is 14.8 Å². The van der Waals surface area contributed by atoms with Crippen molar-refractivity contribution < 1.29 is 27.4 Å². The van der Waals surface area contributed by atoms with Gasteiger partial charge >= 0.3 is 0 Å². The molecule has 0 spiro atoms. The van der Waals surface area contributed by atoms with Crippen molar-refractivity contribution in [3.63, 3.8) is 0 Å². The Balaban J connectivity index is 2.20. The highest BCUT2D eigenvalue weighted by Crippen LogP contribution is 2.29. The van der Waals surface area contributed by atoms with Crippen molar-refractivity contribution in [1.29, 1.82) is 0 Å². The predicted octanol–water partition coefficient (Wildman–Crippen LogP) is 1.88. The van der Waals surface area contributed by atoms with Crippen LogP contribution in [0.1, 0.15) is 10.4 Å². The molecule has 0 heterocycles. The number of ether oxygens (including phenoxy) is 3. The number of methoxy groups -OCH3 is 3. The zero-order valence-corrected chi connectivity index (χ0v) is 16.1. The first-order valence-electron chi connectivity index (χ1n) is 8.03. The van der Waals surface area contributed by atoms with Crippen LogP contribution < -0.4 is 19.5 Å². The van der Waals surface area contributed by atoms with Gasteiger partial charge in [-0.15, -0.1) is 0 Å². The summed E-state index contributed by atoms with van der Waals surface area (Å²) < 4.78 is 42.2. The Morgan fingerprint density at radius 1 is 1.04 bits per heavy atom. The van der Waals surface area contributed by atoms with Crippen molar-refractivity contribution in [2.24, 2.45) is 0 Å². The van der Waals surface area contributed by atoms with Gasteiger partial charge in [-0.2, -0.15) is 0 Å². The van der Waals surface area contributed by atoms with Gasteiger partial charge < -0.3 is 19.5 Å². The Hall–Kier alpha value is -2.62. The zero-order valence-electron chi connectivity index (χ0n) is 15.3. The van der Waals surface area contributed by atoms with Crippen LogP contribution in [0.4, 0.5) is 5.69 Å². The number of rotatable bonds is 9. The van der Waals surface area contributed by atoms with Crippen molar-refractivity contribution >= 4 is 21.6 Å². The van der Waals surface area contributed by atoms with Gasteiger partial charge in [-0.1, -0.05) is 6.07 Å². The predicted molar refractivity (Wildman–Crippen MR) is 101 cm³/mol. The zero-order chi connectivity index (χ0) is 19.9. The summed E-state index contributed by atoms with van der Waals surface area (Å²) in [7, 11) is 0.747. The lowest BCUT2D eigenvalue weighted by Crippen LogP contribution is -2.27. The van der Waals surface area contributed by atoms with Crippen LogP contribution in [-0.4, -0.2) is 48.8 Å². The maximum Gasteiger partial charge on any atom is 0.255 e. The van der Waals surface area contributed by atoms with E-state index in [0.717, 1.165) is 0 Å². The molecule has 0 radical (unpaired) electrons. The van der Waals surface area contributed by atoms with Crippen LogP contribution in [0, 0.1) is 0 Å². The molecule has 2 aromatic rings. The minimum Gasteiger partial charge on any atom is -0.497 e. The second kappa shape index (κ2) is 9.36. The number of carbonyl (C=O) groups is 1. The standard InChI is InChI=1S/C18H22N2O6S/c1-24-10-9-19-27(22,23)15-6-4-5-13(11-15)18(21)20-16-8-7-14(25-2)12-17(16)26-3/h4-8,11-12,19H,9-10H2,1-3H3,(H,20,21). The molecule has 146 valence electrons. The summed E-state index contributed by atoms with van der Waals surface area (Å²) in [6, 6.07) is 10.7. The molecular weight excluding hydrogens is 372 g/mol.